The number of ether oxygens (including phenoxy) is 1. The summed E-state index contributed by atoms with van der Waals surface area (Å²) in [6.45, 7) is 7.93. The molecule has 0 spiro atoms. The average Bonchev–Trinajstić information content (AvgIpc) is 2.63. The molecule has 0 aliphatic rings. The van der Waals surface area contributed by atoms with Crippen LogP contribution in [-0.4, -0.2) is 26.5 Å². The van der Waals surface area contributed by atoms with Gasteiger partial charge >= 0.3 is 0 Å². The Bertz CT molecular complexity index is 934. The first-order valence-corrected chi connectivity index (χ1v) is 11.1. The van der Waals surface area contributed by atoms with Crippen LogP contribution in [-0.2, 0) is 21.4 Å². The predicted octanol–water partition coefficient (Wildman–Crippen LogP) is 3.55. The first-order valence-electron chi connectivity index (χ1n) is 9.65. The van der Waals surface area contributed by atoms with Crippen molar-refractivity contribution >= 4 is 15.9 Å². The third kappa shape index (κ3) is 7.51. The van der Waals surface area contributed by atoms with Crippen LogP contribution in [0.2, 0.25) is 0 Å². The van der Waals surface area contributed by atoms with E-state index in [1.807, 2.05) is 31.2 Å². The van der Waals surface area contributed by atoms with E-state index in [-0.39, 0.29) is 17.3 Å². The topological polar surface area (TPSA) is 84.5 Å². The maximum Gasteiger partial charge on any atom is 0.241 e. The fourth-order valence-corrected chi connectivity index (χ4v) is 4.44. The average molecular weight is 419 g/mol. The number of hydrogen-bond donors (Lipinski definition) is 2. The van der Waals surface area contributed by atoms with E-state index in [1.54, 1.807) is 45.0 Å². The molecule has 0 heterocycles. The van der Waals surface area contributed by atoms with Crippen LogP contribution in [0.1, 0.15) is 44.7 Å². The van der Waals surface area contributed by atoms with Gasteiger partial charge in [-0.05, 0) is 57.4 Å². The lowest BCUT2D eigenvalue weighted by atomic mass is 10.1. The van der Waals surface area contributed by atoms with Gasteiger partial charge in [0.15, 0.2) is 0 Å². The van der Waals surface area contributed by atoms with Gasteiger partial charge in [0.25, 0.3) is 0 Å². The van der Waals surface area contributed by atoms with E-state index in [2.05, 4.69) is 10.0 Å². The molecular formula is C22H30N2O4S. The molecule has 0 aromatic heterocycles. The van der Waals surface area contributed by atoms with Crippen molar-refractivity contribution in [3.63, 3.8) is 0 Å². The molecule has 0 atom stereocenters. The van der Waals surface area contributed by atoms with Crippen molar-refractivity contribution in [1.82, 2.24) is 10.0 Å². The van der Waals surface area contributed by atoms with Crippen molar-refractivity contribution in [3.05, 3.63) is 59.7 Å². The molecule has 6 nitrogen and oxygen atoms in total. The zero-order valence-electron chi connectivity index (χ0n) is 17.5. The van der Waals surface area contributed by atoms with Gasteiger partial charge in [0, 0.05) is 18.5 Å². The van der Waals surface area contributed by atoms with Crippen LogP contribution < -0.4 is 14.8 Å². The summed E-state index contributed by atoms with van der Waals surface area (Å²) in [4.78, 5) is 12.3. The maximum absolute atomic E-state index is 12.6. The highest BCUT2D eigenvalue weighted by atomic mass is 32.2. The normalized spacial score (nSPS) is 11.9. The van der Waals surface area contributed by atoms with E-state index in [0.29, 0.717) is 25.0 Å². The van der Waals surface area contributed by atoms with Crippen LogP contribution in [0.25, 0.3) is 0 Å². The maximum atomic E-state index is 12.6. The Morgan fingerprint density at radius 1 is 1.03 bits per heavy atom. The molecule has 0 radical (unpaired) electrons. The lowest BCUT2D eigenvalue weighted by Crippen LogP contribution is -2.41. The predicted molar refractivity (Wildman–Crippen MR) is 114 cm³/mol. The minimum atomic E-state index is -3.67. The number of rotatable bonds is 9. The monoisotopic (exact) mass is 418 g/mol. The SMILES string of the molecule is Cc1ccccc1OCCCC(=O)NCc1ccccc1S(=O)(=O)NC(C)(C)C. The Kier molecular flexibility index (Phi) is 7.81. The molecular weight excluding hydrogens is 388 g/mol. The summed E-state index contributed by atoms with van der Waals surface area (Å²) in [5.41, 5.74) is 1.01. The number of benzene rings is 2. The number of carbonyl (C=O) groups excluding carboxylic acids is 1. The fraction of sp³-hybridized carbons (Fsp3) is 0.409. The van der Waals surface area contributed by atoms with Crippen LogP contribution in [0.4, 0.5) is 0 Å². The molecule has 2 aromatic rings. The number of hydrogen-bond acceptors (Lipinski definition) is 4. The van der Waals surface area contributed by atoms with E-state index >= 15 is 0 Å². The highest BCUT2D eigenvalue weighted by Gasteiger charge is 2.24. The van der Waals surface area contributed by atoms with Gasteiger partial charge in [-0.2, -0.15) is 0 Å². The standard InChI is InChI=1S/C22H30N2O4S/c1-17-10-5-7-12-19(17)28-15-9-14-21(25)23-16-18-11-6-8-13-20(18)29(26,27)24-22(2,3)4/h5-8,10-13,24H,9,14-16H2,1-4H3,(H,23,25). The van der Waals surface area contributed by atoms with Crippen LogP contribution in [0.5, 0.6) is 5.75 Å². The second-order valence-corrected chi connectivity index (χ2v) is 9.61. The summed E-state index contributed by atoms with van der Waals surface area (Å²) >= 11 is 0. The molecule has 7 heteroatoms. The molecule has 0 unspecified atom stereocenters. The summed E-state index contributed by atoms with van der Waals surface area (Å²) in [5, 5.41) is 2.80. The molecule has 0 saturated carbocycles. The molecule has 0 bridgehead atoms. The van der Waals surface area contributed by atoms with E-state index < -0.39 is 15.6 Å². The fourth-order valence-electron chi connectivity index (χ4n) is 2.79. The van der Waals surface area contributed by atoms with Crippen molar-refractivity contribution in [2.24, 2.45) is 0 Å². The molecule has 0 aliphatic carbocycles. The largest absolute Gasteiger partial charge is 0.493 e. The third-order valence-corrected chi connectivity index (χ3v) is 5.94. The molecule has 2 N–H and O–H groups in total. The highest BCUT2D eigenvalue weighted by molar-refractivity contribution is 7.89. The number of sulfonamides is 1. The molecule has 0 saturated heterocycles. The number of carbonyl (C=O) groups is 1. The van der Waals surface area contributed by atoms with Gasteiger partial charge in [-0.1, -0.05) is 36.4 Å². The van der Waals surface area contributed by atoms with Gasteiger partial charge in [-0.15, -0.1) is 0 Å². The molecule has 0 fully saturated rings. The third-order valence-electron chi connectivity index (χ3n) is 4.08. The molecule has 158 valence electrons. The Morgan fingerprint density at radius 2 is 1.69 bits per heavy atom. The summed E-state index contributed by atoms with van der Waals surface area (Å²) < 4.78 is 33.6. The van der Waals surface area contributed by atoms with Crippen molar-refractivity contribution in [2.45, 2.75) is 57.5 Å². The quantitative estimate of drug-likeness (QED) is 0.610. The van der Waals surface area contributed by atoms with Gasteiger partial charge in [-0.25, -0.2) is 13.1 Å². The molecule has 0 aliphatic heterocycles. The zero-order valence-corrected chi connectivity index (χ0v) is 18.3. The van der Waals surface area contributed by atoms with Gasteiger partial charge < -0.3 is 10.1 Å². The summed E-state index contributed by atoms with van der Waals surface area (Å²) in [6, 6.07) is 14.4. The van der Waals surface area contributed by atoms with Crippen LogP contribution in [0, 0.1) is 6.92 Å². The Morgan fingerprint density at radius 3 is 2.38 bits per heavy atom. The first kappa shape index (κ1) is 22.9. The number of para-hydroxylation sites is 1. The van der Waals surface area contributed by atoms with Crippen molar-refractivity contribution in [1.29, 1.82) is 0 Å². The number of aryl methyl sites for hydroxylation is 1. The number of nitrogens with one attached hydrogen (secondary N) is 2. The van der Waals surface area contributed by atoms with E-state index in [9.17, 15) is 13.2 Å². The summed E-state index contributed by atoms with van der Waals surface area (Å²) in [5.74, 6) is 0.674. The van der Waals surface area contributed by atoms with E-state index in [0.717, 1.165) is 11.3 Å². The lowest BCUT2D eigenvalue weighted by Gasteiger charge is -2.21. The highest BCUT2D eigenvalue weighted by Crippen LogP contribution is 2.18. The smallest absolute Gasteiger partial charge is 0.241 e. The Balaban J connectivity index is 1.87. The molecule has 2 aromatic carbocycles. The van der Waals surface area contributed by atoms with Crippen molar-refractivity contribution in [2.75, 3.05) is 6.61 Å². The van der Waals surface area contributed by atoms with E-state index in [1.165, 1.54) is 0 Å². The Labute approximate surface area is 173 Å². The zero-order chi connectivity index (χ0) is 21.5. The van der Waals surface area contributed by atoms with Gasteiger partial charge in [0.2, 0.25) is 15.9 Å². The van der Waals surface area contributed by atoms with Gasteiger partial charge in [0.05, 0.1) is 11.5 Å². The van der Waals surface area contributed by atoms with Crippen LogP contribution >= 0.6 is 0 Å². The van der Waals surface area contributed by atoms with Crippen LogP contribution in [0.15, 0.2) is 53.4 Å². The van der Waals surface area contributed by atoms with Crippen molar-refractivity contribution in [3.8, 4) is 5.75 Å². The van der Waals surface area contributed by atoms with Crippen LogP contribution in [0.3, 0.4) is 0 Å². The molecule has 2 rings (SSSR count). The number of amides is 1. The molecule has 1 amide bonds. The summed E-state index contributed by atoms with van der Waals surface area (Å²) in [6.07, 6.45) is 0.882. The second-order valence-electron chi connectivity index (χ2n) is 7.96. The first-order chi connectivity index (χ1) is 13.6. The van der Waals surface area contributed by atoms with E-state index in [4.69, 9.17) is 4.74 Å². The summed E-state index contributed by atoms with van der Waals surface area (Å²) in [7, 11) is -3.67. The minimum Gasteiger partial charge on any atom is -0.493 e. The Hall–Kier alpha value is -2.38. The van der Waals surface area contributed by atoms with Crippen molar-refractivity contribution < 1.29 is 17.9 Å². The lowest BCUT2D eigenvalue weighted by molar-refractivity contribution is -0.121. The minimum absolute atomic E-state index is 0.144. The molecule has 29 heavy (non-hydrogen) atoms. The van der Waals surface area contributed by atoms with Gasteiger partial charge in [-0.3, -0.25) is 4.79 Å². The van der Waals surface area contributed by atoms with Gasteiger partial charge in [0.1, 0.15) is 5.75 Å². The second kappa shape index (κ2) is 9.89.